The van der Waals surface area contributed by atoms with Gasteiger partial charge in [-0.05, 0) is 41.5 Å². The highest BCUT2D eigenvalue weighted by atomic mass is 35.5. The molecule has 1 amide bonds. The van der Waals surface area contributed by atoms with Crippen molar-refractivity contribution in [3.8, 4) is 5.75 Å². The van der Waals surface area contributed by atoms with Gasteiger partial charge in [0.15, 0.2) is 0 Å². The first-order valence-corrected chi connectivity index (χ1v) is 11.7. The van der Waals surface area contributed by atoms with Gasteiger partial charge in [-0.25, -0.2) is 0 Å². The van der Waals surface area contributed by atoms with Crippen LogP contribution in [-0.2, 0) is 17.9 Å². The Morgan fingerprint density at radius 2 is 1.64 bits per heavy atom. The number of carbonyl (C=O) groups is 1. The molecule has 3 aromatic rings. The van der Waals surface area contributed by atoms with Gasteiger partial charge in [-0.3, -0.25) is 9.69 Å². The van der Waals surface area contributed by atoms with E-state index in [2.05, 4.69) is 29.2 Å². The third-order valence-corrected chi connectivity index (χ3v) is 6.23. The van der Waals surface area contributed by atoms with E-state index in [1.54, 1.807) is 18.2 Å². The zero-order valence-corrected chi connectivity index (χ0v) is 19.8. The molecule has 0 radical (unpaired) electrons. The van der Waals surface area contributed by atoms with Gasteiger partial charge >= 0.3 is 0 Å². The van der Waals surface area contributed by atoms with Crippen molar-refractivity contribution < 1.29 is 9.53 Å². The number of hydrogen-bond donors (Lipinski definition) is 0. The molecule has 0 unspecified atom stereocenters. The highest BCUT2D eigenvalue weighted by Gasteiger charge is 2.19. The van der Waals surface area contributed by atoms with Crippen molar-refractivity contribution in [2.75, 3.05) is 26.2 Å². The van der Waals surface area contributed by atoms with Crippen LogP contribution in [0.25, 0.3) is 6.08 Å². The smallest absolute Gasteiger partial charge is 0.246 e. The molecule has 1 aliphatic heterocycles. The first-order chi connectivity index (χ1) is 16.1. The van der Waals surface area contributed by atoms with Gasteiger partial charge in [0.25, 0.3) is 0 Å². The van der Waals surface area contributed by atoms with Gasteiger partial charge in [0.05, 0.1) is 0 Å². The Kier molecular flexibility index (Phi) is 8.05. The maximum absolute atomic E-state index is 12.6. The summed E-state index contributed by atoms with van der Waals surface area (Å²) in [4.78, 5) is 16.9. The molecule has 1 saturated heterocycles. The lowest BCUT2D eigenvalue weighted by molar-refractivity contribution is -0.127. The molecule has 3 aromatic carbocycles. The standard InChI is InChI=1S/C27H26Cl2N2O2/c28-24-10-9-23(26(29)18-24)20-33-25-11-6-21(7-12-25)8-13-27(32)31-16-14-30(15-17-31)19-22-4-2-1-3-5-22/h1-13,18H,14-17,19-20H2/b13-8+. The number of hydrogen-bond acceptors (Lipinski definition) is 3. The molecule has 0 aliphatic carbocycles. The molecule has 0 saturated carbocycles. The van der Waals surface area contributed by atoms with Crippen LogP contribution in [0.1, 0.15) is 16.7 Å². The number of ether oxygens (including phenoxy) is 1. The number of carbonyl (C=O) groups excluding carboxylic acids is 1. The Morgan fingerprint density at radius 1 is 0.909 bits per heavy atom. The average molecular weight is 481 g/mol. The Balaban J connectivity index is 1.23. The van der Waals surface area contributed by atoms with Gasteiger partial charge in [0, 0.05) is 54.4 Å². The molecule has 0 aromatic heterocycles. The van der Waals surface area contributed by atoms with E-state index in [4.69, 9.17) is 27.9 Å². The molecule has 0 atom stereocenters. The average Bonchev–Trinajstić information content (AvgIpc) is 2.84. The molecule has 6 heteroatoms. The molecule has 1 fully saturated rings. The lowest BCUT2D eigenvalue weighted by atomic mass is 10.2. The molecule has 170 valence electrons. The molecule has 1 heterocycles. The number of halogens is 2. The van der Waals surface area contributed by atoms with Gasteiger partial charge in [-0.15, -0.1) is 0 Å². The van der Waals surface area contributed by atoms with Crippen LogP contribution in [0.4, 0.5) is 0 Å². The fourth-order valence-electron chi connectivity index (χ4n) is 3.72. The largest absolute Gasteiger partial charge is 0.489 e. The van der Waals surface area contributed by atoms with Gasteiger partial charge < -0.3 is 9.64 Å². The predicted molar refractivity (Wildman–Crippen MR) is 135 cm³/mol. The van der Waals surface area contributed by atoms with Crippen LogP contribution >= 0.6 is 23.2 Å². The van der Waals surface area contributed by atoms with Crippen molar-refractivity contribution >= 4 is 35.2 Å². The highest BCUT2D eigenvalue weighted by Crippen LogP contribution is 2.23. The second-order valence-corrected chi connectivity index (χ2v) is 8.86. The summed E-state index contributed by atoms with van der Waals surface area (Å²) in [7, 11) is 0. The molecule has 4 rings (SSSR count). The fourth-order valence-corrected chi connectivity index (χ4v) is 4.18. The Hall–Kier alpha value is -2.79. The molecule has 0 N–H and O–H groups in total. The van der Waals surface area contributed by atoms with Gasteiger partial charge in [-0.1, -0.05) is 71.7 Å². The molecule has 4 nitrogen and oxygen atoms in total. The molecule has 33 heavy (non-hydrogen) atoms. The van der Waals surface area contributed by atoms with Gasteiger partial charge in [0.2, 0.25) is 5.91 Å². The Bertz CT molecular complexity index is 1090. The molecular weight excluding hydrogens is 455 g/mol. The van der Waals surface area contributed by atoms with Gasteiger partial charge in [-0.2, -0.15) is 0 Å². The van der Waals surface area contributed by atoms with E-state index in [0.29, 0.717) is 16.7 Å². The van der Waals surface area contributed by atoms with Crippen LogP contribution in [0.2, 0.25) is 10.0 Å². The summed E-state index contributed by atoms with van der Waals surface area (Å²) in [5.74, 6) is 0.783. The normalized spacial score (nSPS) is 14.5. The maximum Gasteiger partial charge on any atom is 0.246 e. The van der Waals surface area contributed by atoms with Crippen LogP contribution < -0.4 is 4.74 Å². The first kappa shape index (κ1) is 23.4. The van der Waals surface area contributed by atoms with Crippen LogP contribution in [-0.4, -0.2) is 41.9 Å². The lowest BCUT2D eigenvalue weighted by Crippen LogP contribution is -2.47. The van der Waals surface area contributed by atoms with Crippen LogP contribution in [0.15, 0.2) is 78.9 Å². The van der Waals surface area contributed by atoms with Crippen molar-refractivity contribution in [1.29, 1.82) is 0 Å². The minimum absolute atomic E-state index is 0.0482. The molecular formula is C27H26Cl2N2O2. The minimum Gasteiger partial charge on any atom is -0.489 e. The van der Waals surface area contributed by atoms with Crippen molar-refractivity contribution in [3.05, 3.63) is 106 Å². The molecule has 0 bridgehead atoms. The third kappa shape index (κ3) is 6.84. The lowest BCUT2D eigenvalue weighted by Gasteiger charge is -2.34. The second kappa shape index (κ2) is 11.4. The van der Waals surface area contributed by atoms with Crippen molar-refractivity contribution in [2.45, 2.75) is 13.2 Å². The third-order valence-electron chi connectivity index (χ3n) is 5.64. The summed E-state index contributed by atoms with van der Waals surface area (Å²) in [6, 6.07) is 23.4. The number of amides is 1. The summed E-state index contributed by atoms with van der Waals surface area (Å²) in [5.41, 5.74) is 3.13. The number of nitrogens with zero attached hydrogens (tertiary/aromatic N) is 2. The Morgan fingerprint density at radius 3 is 2.33 bits per heavy atom. The predicted octanol–water partition coefficient (Wildman–Crippen LogP) is 5.93. The molecule has 1 aliphatic rings. The summed E-state index contributed by atoms with van der Waals surface area (Å²) in [6.45, 7) is 4.56. The SMILES string of the molecule is O=C(/C=C/c1ccc(OCc2ccc(Cl)cc2Cl)cc1)N1CCN(Cc2ccccc2)CC1. The van der Waals surface area contributed by atoms with E-state index in [1.807, 2.05) is 47.4 Å². The number of piperazine rings is 1. The highest BCUT2D eigenvalue weighted by molar-refractivity contribution is 6.35. The summed E-state index contributed by atoms with van der Waals surface area (Å²) >= 11 is 12.1. The van der Waals surface area contributed by atoms with Crippen molar-refractivity contribution in [2.24, 2.45) is 0 Å². The maximum atomic E-state index is 12.6. The van der Waals surface area contributed by atoms with Crippen LogP contribution in [0.5, 0.6) is 5.75 Å². The summed E-state index contributed by atoms with van der Waals surface area (Å²) < 4.78 is 5.81. The van der Waals surface area contributed by atoms with Gasteiger partial charge in [0.1, 0.15) is 12.4 Å². The zero-order chi connectivity index (χ0) is 23.0. The van der Waals surface area contributed by atoms with Crippen LogP contribution in [0, 0.1) is 0 Å². The topological polar surface area (TPSA) is 32.8 Å². The van der Waals surface area contributed by atoms with Crippen molar-refractivity contribution in [3.63, 3.8) is 0 Å². The second-order valence-electron chi connectivity index (χ2n) is 8.01. The van der Waals surface area contributed by atoms with Crippen molar-refractivity contribution in [1.82, 2.24) is 9.80 Å². The summed E-state index contributed by atoms with van der Waals surface area (Å²) in [5, 5.41) is 1.19. The van der Waals surface area contributed by atoms with E-state index in [0.717, 1.165) is 49.6 Å². The quantitative estimate of drug-likeness (QED) is 0.392. The monoisotopic (exact) mass is 480 g/mol. The van der Waals surface area contributed by atoms with E-state index in [-0.39, 0.29) is 5.91 Å². The van der Waals surface area contributed by atoms with E-state index in [9.17, 15) is 4.79 Å². The number of rotatable bonds is 7. The van der Waals surface area contributed by atoms with Crippen LogP contribution in [0.3, 0.4) is 0 Å². The Labute approximate surface area is 205 Å². The first-order valence-electron chi connectivity index (χ1n) is 11.0. The van der Waals surface area contributed by atoms with E-state index >= 15 is 0 Å². The minimum atomic E-state index is 0.0482. The summed E-state index contributed by atoms with van der Waals surface area (Å²) in [6.07, 6.45) is 3.49. The molecule has 0 spiro atoms. The van der Waals surface area contributed by atoms with E-state index < -0.39 is 0 Å². The zero-order valence-electron chi connectivity index (χ0n) is 18.3. The number of benzene rings is 3. The fraction of sp³-hybridized carbons (Fsp3) is 0.222. The van der Waals surface area contributed by atoms with E-state index in [1.165, 1.54) is 5.56 Å².